The molecule has 39 heavy (non-hydrogen) atoms. The minimum Gasteiger partial charge on any atom is -0.478 e. The van der Waals surface area contributed by atoms with Gasteiger partial charge < -0.3 is 20.7 Å². The Morgan fingerprint density at radius 2 is 1.97 bits per heavy atom. The van der Waals surface area contributed by atoms with Gasteiger partial charge in [0.1, 0.15) is 5.82 Å². The van der Waals surface area contributed by atoms with Crippen molar-refractivity contribution in [3.63, 3.8) is 0 Å². The highest BCUT2D eigenvalue weighted by Gasteiger charge is 2.41. The SMILES string of the molecule is CCN/C=C(\C=N)c1ccc2c(c1)C[C@H](C)N1c3ccc(C4CC4)cc3-c3cc(/C=C/C(=O)O)cc(F)c3[C@@H]21. The van der Waals surface area contributed by atoms with Crippen LogP contribution in [0.5, 0.6) is 0 Å². The number of hydrogen-bond acceptors (Lipinski definition) is 4. The van der Waals surface area contributed by atoms with Crippen LogP contribution >= 0.6 is 0 Å². The molecule has 3 aromatic carbocycles. The van der Waals surface area contributed by atoms with Crippen LogP contribution in [-0.2, 0) is 11.2 Å². The molecule has 0 radical (unpaired) electrons. The number of carboxylic acid groups (broad SMARTS) is 1. The smallest absolute Gasteiger partial charge is 0.328 e. The normalized spacial score (nSPS) is 19.7. The molecule has 3 aliphatic rings. The van der Waals surface area contributed by atoms with Gasteiger partial charge in [-0.1, -0.05) is 24.3 Å². The number of fused-ring (bicyclic) bond motifs is 8. The van der Waals surface area contributed by atoms with E-state index in [1.165, 1.54) is 36.8 Å². The van der Waals surface area contributed by atoms with Gasteiger partial charge in [0.2, 0.25) is 0 Å². The molecule has 1 aliphatic carbocycles. The predicted octanol–water partition coefficient (Wildman–Crippen LogP) is 6.92. The van der Waals surface area contributed by atoms with Gasteiger partial charge in [-0.2, -0.15) is 0 Å². The van der Waals surface area contributed by atoms with Crippen LogP contribution in [0, 0.1) is 11.2 Å². The summed E-state index contributed by atoms with van der Waals surface area (Å²) >= 11 is 0. The molecule has 2 atom stereocenters. The number of aliphatic carboxylic acids is 1. The number of rotatable bonds is 7. The lowest BCUT2D eigenvalue weighted by Crippen LogP contribution is -2.45. The molecular formula is C33H32FN3O2. The highest BCUT2D eigenvalue weighted by molar-refractivity contribution is 6.08. The number of halogens is 1. The lowest BCUT2D eigenvalue weighted by molar-refractivity contribution is -0.131. The van der Waals surface area contributed by atoms with Crippen LogP contribution in [0.4, 0.5) is 10.1 Å². The quantitative estimate of drug-likeness (QED) is 0.233. The van der Waals surface area contributed by atoms with E-state index >= 15 is 4.39 Å². The minimum absolute atomic E-state index is 0.128. The minimum atomic E-state index is -1.06. The van der Waals surface area contributed by atoms with Crippen molar-refractivity contribution in [2.45, 2.75) is 51.1 Å². The number of allylic oxidation sites excluding steroid dienone is 1. The van der Waals surface area contributed by atoms with Crippen molar-refractivity contribution in [3.8, 4) is 11.1 Å². The molecule has 0 unspecified atom stereocenters. The van der Waals surface area contributed by atoms with Gasteiger partial charge >= 0.3 is 5.97 Å². The lowest BCUT2D eigenvalue weighted by Gasteiger charge is -2.48. The standard InChI is InChI=1S/C33H32FN3O2/c1-3-36-18-25(17-35)22-7-9-26-24(15-22)12-19(2)37-30-10-8-23(21-5-6-21)16-27(30)28-13-20(4-11-31(38)39)14-29(34)32(28)33(26)37/h4,7-11,13-19,21,33,35-36H,3,5-6,12H2,1-2H3,(H,38,39)/b11-4+,25-18+,35-17?/t19-,33+/m0/s1. The van der Waals surface area contributed by atoms with Gasteiger partial charge in [-0.05, 0) is 103 Å². The average Bonchev–Trinajstić information content (AvgIpc) is 3.77. The second-order valence-corrected chi connectivity index (χ2v) is 10.8. The van der Waals surface area contributed by atoms with Crippen LogP contribution in [0.2, 0.25) is 0 Å². The van der Waals surface area contributed by atoms with Crippen molar-refractivity contribution >= 4 is 29.5 Å². The molecule has 0 spiro atoms. The average molecular weight is 522 g/mol. The topological polar surface area (TPSA) is 76.4 Å². The van der Waals surface area contributed by atoms with E-state index in [2.05, 4.69) is 47.5 Å². The summed E-state index contributed by atoms with van der Waals surface area (Å²) in [7, 11) is 0. The molecule has 1 fully saturated rings. The number of hydrogen-bond donors (Lipinski definition) is 3. The molecular weight excluding hydrogens is 489 g/mol. The number of anilines is 1. The second kappa shape index (κ2) is 9.84. The van der Waals surface area contributed by atoms with Gasteiger partial charge in [-0.25, -0.2) is 9.18 Å². The summed E-state index contributed by atoms with van der Waals surface area (Å²) in [5.41, 5.74) is 9.38. The molecule has 2 aliphatic heterocycles. The zero-order valence-corrected chi connectivity index (χ0v) is 22.2. The predicted molar refractivity (Wildman–Crippen MR) is 155 cm³/mol. The monoisotopic (exact) mass is 521 g/mol. The maximum Gasteiger partial charge on any atom is 0.328 e. The molecule has 5 nitrogen and oxygen atoms in total. The molecule has 198 valence electrons. The molecule has 6 heteroatoms. The van der Waals surface area contributed by atoms with Crippen LogP contribution in [-0.4, -0.2) is 29.9 Å². The van der Waals surface area contributed by atoms with Crippen LogP contribution in [0.3, 0.4) is 0 Å². The largest absolute Gasteiger partial charge is 0.478 e. The molecule has 1 saturated carbocycles. The third-order valence-electron chi connectivity index (χ3n) is 8.14. The van der Waals surface area contributed by atoms with Crippen molar-refractivity contribution in [1.82, 2.24) is 5.32 Å². The first-order chi connectivity index (χ1) is 18.9. The van der Waals surface area contributed by atoms with Crippen molar-refractivity contribution < 1.29 is 14.3 Å². The fourth-order valence-corrected chi connectivity index (χ4v) is 6.21. The van der Waals surface area contributed by atoms with E-state index in [0.717, 1.165) is 58.1 Å². The Labute approximate surface area is 228 Å². The van der Waals surface area contributed by atoms with Gasteiger partial charge in [0.05, 0.1) is 6.04 Å². The fraction of sp³-hybridized carbons (Fsp3) is 0.273. The number of nitrogens with zero attached hydrogens (tertiary/aromatic N) is 1. The van der Waals surface area contributed by atoms with Crippen LogP contribution in [0.25, 0.3) is 22.8 Å². The molecule has 0 amide bonds. The van der Waals surface area contributed by atoms with Crippen LogP contribution < -0.4 is 10.2 Å². The summed E-state index contributed by atoms with van der Waals surface area (Å²) < 4.78 is 16.2. The second-order valence-electron chi connectivity index (χ2n) is 10.8. The summed E-state index contributed by atoms with van der Waals surface area (Å²) in [5.74, 6) is -0.826. The summed E-state index contributed by atoms with van der Waals surface area (Å²) in [6.45, 7) is 4.99. The van der Waals surface area contributed by atoms with E-state index in [-0.39, 0.29) is 17.9 Å². The Morgan fingerprint density at radius 3 is 2.69 bits per heavy atom. The van der Waals surface area contributed by atoms with Gasteiger partial charge in [-0.15, -0.1) is 0 Å². The third kappa shape index (κ3) is 4.44. The number of nitrogens with one attached hydrogen (secondary N) is 2. The van der Waals surface area contributed by atoms with E-state index in [9.17, 15) is 4.79 Å². The zero-order chi connectivity index (χ0) is 27.3. The van der Waals surface area contributed by atoms with E-state index in [4.69, 9.17) is 10.5 Å². The van der Waals surface area contributed by atoms with E-state index in [1.807, 2.05) is 25.3 Å². The van der Waals surface area contributed by atoms with Crippen molar-refractivity contribution in [2.75, 3.05) is 11.4 Å². The maximum atomic E-state index is 16.2. The molecule has 3 N–H and O–H groups in total. The molecule has 0 saturated heterocycles. The Morgan fingerprint density at radius 1 is 1.15 bits per heavy atom. The van der Waals surface area contributed by atoms with Crippen LogP contribution in [0.15, 0.2) is 60.8 Å². The van der Waals surface area contributed by atoms with E-state index in [1.54, 1.807) is 0 Å². The van der Waals surface area contributed by atoms with Crippen molar-refractivity contribution in [2.24, 2.45) is 0 Å². The number of carboxylic acids is 1. The molecule has 0 aromatic heterocycles. The fourth-order valence-electron chi connectivity index (χ4n) is 6.21. The van der Waals surface area contributed by atoms with E-state index < -0.39 is 5.97 Å². The Kier molecular flexibility index (Phi) is 6.34. The highest BCUT2D eigenvalue weighted by atomic mass is 19.1. The first-order valence-corrected chi connectivity index (χ1v) is 13.6. The zero-order valence-electron chi connectivity index (χ0n) is 22.2. The Hall–Kier alpha value is -4.19. The summed E-state index contributed by atoms with van der Waals surface area (Å²) in [5, 5.41) is 20.3. The molecule has 6 rings (SSSR count). The number of benzene rings is 3. The van der Waals surface area contributed by atoms with Crippen LogP contribution in [0.1, 0.15) is 72.0 Å². The van der Waals surface area contributed by atoms with Gasteiger partial charge in [0.25, 0.3) is 0 Å². The third-order valence-corrected chi connectivity index (χ3v) is 8.14. The maximum absolute atomic E-state index is 16.2. The van der Waals surface area contributed by atoms with E-state index in [0.29, 0.717) is 17.0 Å². The van der Waals surface area contributed by atoms with Gasteiger partial charge in [-0.3, -0.25) is 0 Å². The molecule has 3 aromatic rings. The Balaban J connectivity index is 1.55. The molecule has 0 bridgehead atoms. The Bertz CT molecular complexity index is 1550. The summed E-state index contributed by atoms with van der Waals surface area (Å²) in [6, 6.07) is 16.1. The van der Waals surface area contributed by atoms with Crippen molar-refractivity contribution in [1.29, 1.82) is 5.41 Å². The summed E-state index contributed by atoms with van der Waals surface area (Å²) in [6.07, 6.45) is 8.91. The first-order valence-electron chi connectivity index (χ1n) is 13.6. The number of carbonyl (C=O) groups is 1. The van der Waals surface area contributed by atoms with Gasteiger partial charge in [0, 0.05) is 53.5 Å². The highest BCUT2D eigenvalue weighted by Crippen LogP contribution is 2.54. The van der Waals surface area contributed by atoms with Gasteiger partial charge in [0.15, 0.2) is 0 Å². The lowest BCUT2D eigenvalue weighted by atomic mass is 9.77. The summed E-state index contributed by atoms with van der Waals surface area (Å²) in [4.78, 5) is 13.5. The van der Waals surface area contributed by atoms with Crippen molar-refractivity contribution in [3.05, 3.63) is 100 Å². The first kappa shape index (κ1) is 25.1. The molecule has 2 heterocycles.